The standard InChI is InChI=1S/C14H13N3O3/c18-12-7-5-10(13(19)16-12)15-14(20)11-6-4-9-3-1-2-8-17(9)11/h1-4,6,8,10H,5,7H2,(H,15,20)(H,16,18,19). The van der Waals surface area contributed by atoms with Crippen LogP contribution in [0.15, 0.2) is 36.5 Å². The summed E-state index contributed by atoms with van der Waals surface area (Å²) in [5.41, 5.74) is 1.37. The quantitative estimate of drug-likeness (QED) is 0.779. The van der Waals surface area contributed by atoms with Gasteiger partial charge in [0, 0.05) is 18.1 Å². The van der Waals surface area contributed by atoms with Crippen molar-refractivity contribution in [1.82, 2.24) is 15.0 Å². The Morgan fingerprint density at radius 3 is 2.90 bits per heavy atom. The number of carbonyl (C=O) groups is 3. The number of pyridine rings is 1. The van der Waals surface area contributed by atoms with E-state index in [2.05, 4.69) is 10.6 Å². The monoisotopic (exact) mass is 271 g/mol. The Hall–Kier alpha value is -2.63. The number of amides is 3. The zero-order chi connectivity index (χ0) is 14.1. The maximum Gasteiger partial charge on any atom is 0.268 e. The van der Waals surface area contributed by atoms with E-state index in [-0.39, 0.29) is 18.2 Å². The highest BCUT2D eigenvalue weighted by atomic mass is 16.2. The predicted octanol–water partition coefficient (Wildman–Crippen LogP) is 0.474. The van der Waals surface area contributed by atoms with Gasteiger partial charge in [-0.05, 0) is 30.7 Å². The fourth-order valence-electron chi connectivity index (χ4n) is 2.30. The Balaban J connectivity index is 1.80. The summed E-state index contributed by atoms with van der Waals surface area (Å²) in [4.78, 5) is 34.9. The van der Waals surface area contributed by atoms with Crippen molar-refractivity contribution < 1.29 is 14.4 Å². The molecular formula is C14H13N3O3. The summed E-state index contributed by atoms with van der Waals surface area (Å²) < 4.78 is 1.75. The predicted molar refractivity (Wildman–Crippen MR) is 71.0 cm³/mol. The summed E-state index contributed by atoms with van der Waals surface area (Å²) >= 11 is 0. The highest BCUT2D eigenvalue weighted by Crippen LogP contribution is 2.11. The van der Waals surface area contributed by atoms with Crippen molar-refractivity contribution in [3.05, 3.63) is 42.2 Å². The van der Waals surface area contributed by atoms with Crippen molar-refractivity contribution in [2.24, 2.45) is 0 Å². The van der Waals surface area contributed by atoms with E-state index in [0.29, 0.717) is 12.1 Å². The molecule has 3 heterocycles. The minimum atomic E-state index is -0.658. The summed E-state index contributed by atoms with van der Waals surface area (Å²) in [5.74, 6) is -1.07. The van der Waals surface area contributed by atoms with Crippen LogP contribution >= 0.6 is 0 Å². The van der Waals surface area contributed by atoms with Crippen LogP contribution in [0.2, 0.25) is 0 Å². The van der Waals surface area contributed by atoms with Gasteiger partial charge in [-0.3, -0.25) is 19.7 Å². The summed E-state index contributed by atoms with van der Waals surface area (Å²) in [6, 6.07) is 8.49. The molecule has 1 saturated heterocycles. The SMILES string of the molecule is O=C1CCC(NC(=O)c2ccc3ccccn23)C(=O)N1. The van der Waals surface area contributed by atoms with Gasteiger partial charge in [-0.25, -0.2) is 0 Å². The Labute approximate surface area is 114 Å². The first kappa shape index (κ1) is 12.4. The summed E-state index contributed by atoms with van der Waals surface area (Å²) in [5, 5.41) is 4.88. The van der Waals surface area contributed by atoms with Crippen LogP contribution in [0, 0.1) is 0 Å². The van der Waals surface area contributed by atoms with Gasteiger partial charge in [0.15, 0.2) is 0 Å². The molecule has 0 saturated carbocycles. The molecule has 1 aliphatic heterocycles. The second-order valence-corrected chi connectivity index (χ2v) is 4.69. The molecule has 0 radical (unpaired) electrons. The van der Waals surface area contributed by atoms with Crippen LogP contribution in [0.4, 0.5) is 0 Å². The maximum absolute atomic E-state index is 12.2. The number of rotatable bonds is 2. The van der Waals surface area contributed by atoms with E-state index in [1.54, 1.807) is 16.7 Å². The minimum Gasteiger partial charge on any atom is -0.339 e. The van der Waals surface area contributed by atoms with Gasteiger partial charge < -0.3 is 9.72 Å². The molecule has 0 aromatic carbocycles. The highest BCUT2D eigenvalue weighted by molar-refractivity contribution is 6.03. The number of carbonyl (C=O) groups excluding carboxylic acids is 3. The topological polar surface area (TPSA) is 79.7 Å². The van der Waals surface area contributed by atoms with Crippen LogP contribution in [0.1, 0.15) is 23.3 Å². The van der Waals surface area contributed by atoms with Crippen LogP contribution < -0.4 is 10.6 Å². The molecule has 102 valence electrons. The van der Waals surface area contributed by atoms with Crippen LogP contribution in [0.5, 0.6) is 0 Å². The van der Waals surface area contributed by atoms with Crippen molar-refractivity contribution in [2.75, 3.05) is 0 Å². The molecule has 3 amide bonds. The smallest absolute Gasteiger partial charge is 0.268 e. The van der Waals surface area contributed by atoms with Gasteiger partial charge >= 0.3 is 0 Å². The number of hydrogen-bond acceptors (Lipinski definition) is 3. The summed E-state index contributed by atoms with van der Waals surface area (Å²) in [6.07, 6.45) is 2.36. The average molecular weight is 271 g/mol. The van der Waals surface area contributed by atoms with Crippen LogP contribution in [-0.4, -0.2) is 28.2 Å². The molecule has 0 bridgehead atoms. The van der Waals surface area contributed by atoms with Crippen molar-refractivity contribution in [1.29, 1.82) is 0 Å². The van der Waals surface area contributed by atoms with Crippen molar-refractivity contribution in [3.63, 3.8) is 0 Å². The molecule has 3 rings (SSSR count). The van der Waals surface area contributed by atoms with Crippen molar-refractivity contribution in [3.8, 4) is 0 Å². The second-order valence-electron chi connectivity index (χ2n) is 4.69. The number of imide groups is 1. The van der Waals surface area contributed by atoms with Gasteiger partial charge in [0.25, 0.3) is 5.91 Å². The fraction of sp³-hybridized carbons (Fsp3) is 0.214. The van der Waals surface area contributed by atoms with E-state index in [9.17, 15) is 14.4 Å². The zero-order valence-corrected chi connectivity index (χ0v) is 10.6. The lowest BCUT2D eigenvalue weighted by atomic mass is 10.1. The van der Waals surface area contributed by atoms with E-state index in [1.165, 1.54) is 0 Å². The van der Waals surface area contributed by atoms with Crippen molar-refractivity contribution in [2.45, 2.75) is 18.9 Å². The molecule has 2 N–H and O–H groups in total. The number of aromatic nitrogens is 1. The molecular weight excluding hydrogens is 258 g/mol. The second kappa shape index (κ2) is 4.80. The van der Waals surface area contributed by atoms with E-state index < -0.39 is 11.9 Å². The Morgan fingerprint density at radius 2 is 2.10 bits per heavy atom. The van der Waals surface area contributed by atoms with Gasteiger partial charge in [0.2, 0.25) is 11.8 Å². The molecule has 6 nitrogen and oxygen atoms in total. The van der Waals surface area contributed by atoms with Crippen LogP contribution in [0.25, 0.3) is 5.52 Å². The van der Waals surface area contributed by atoms with Crippen LogP contribution in [-0.2, 0) is 9.59 Å². The molecule has 1 aliphatic rings. The third-order valence-corrected chi connectivity index (χ3v) is 3.34. The van der Waals surface area contributed by atoms with Gasteiger partial charge in [0.05, 0.1) is 0 Å². The third-order valence-electron chi connectivity index (χ3n) is 3.34. The fourth-order valence-corrected chi connectivity index (χ4v) is 2.30. The first-order chi connectivity index (χ1) is 9.65. The van der Waals surface area contributed by atoms with Crippen molar-refractivity contribution >= 4 is 23.2 Å². The number of nitrogens with one attached hydrogen (secondary N) is 2. The lowest BCUT2D eigenvalue weighted by Gasteiger charge is -2.21. The Kier molecular flexibility index (Phi) is 2.98. The van der Waals surface area contributed by atoms with Gasteiger partial charge in [0.1, 0.15) is 11.7 Å². The zero-order valence-electron chi connectivity index (χ0n) is 10.6. The van der Waals surface area contributed by atoms with E-state index in [0.717, 1.165) is 5.52 Å². The van der Waals surface area contributed by atoms with Crippen LogP contribution in [0.3, 0.4) is 0 Å². The molecule has 20 heavy (non-hydrogen) atoms. The van der Waals surface area contributed by atoms with E-state index in [1.807, 2.05) is 24.3 Å². The highest BCUT2D eigenvalue weighted by Gasteiger charge is 2.28. The maximum atomic E-state index is 12.2. The molecule has 0 aliphatic carbocycles. The Morgan fingerprint density at radius 1 is 1.25 bits per heavy atom. The molecule has 2 aromatic rings. The number of hydrogen-bond donors (Lipinski definition) is 2. The first-order valence-corrected chi connectivity index (χ1v) is 6.36. The number of nitrogens with zero attached hydrogens (tertiary/aromatic N) is 1. The molecule has 1 unspecified atom stereocenters. The molecule has 0 spiro atoms. The van der Waals surface area contributed by atoms with Gasteiger partial charge in [-0.2, -0.15) is 0 Å². The largest absolute Gasteiger partial charge is 0.339 e. The summed E-state index contributed by atoms with van der Waals surface area (Å²) in [7, 11) is 0. The summed E-state index contributed by atoms with van der Waals surface area (Å²) in [6.45, 7) is 0. The molecule has 6 heteroatoms. The lowest BCUT2D eigenvalue weighted by Crippen LogP contribution is -2.52. The minimum absolute atomic E-state index is 0.242. The lowest BCUT2D eigenvalue weighted by molar-refractivity contribution is -0.134. The van der Waals surface area contributed by atoms with E-state index in [4.69, 9.17) is 0 Å². The van der Waals surface area contributed by atoms with E-state index >= 15 is 0 Å². The normalized spacial score (nSPS) is 18.9. The molecule has 2 aromatic heterocycles. The number of piperidine rings is 1. The Bertz CT molecular complexity index is 705. The number of fused-ring (bicyclic) bond motifs is 1. The molecule has 1 atom stereocenters. The third kappa shape index (κ3) is 2.16. The average Bonchev–Trinajstić information content (AvgIpc) is 2.86. The van der Waals surface area contributed by atoms with Gasteiger partial charge in [-0.15, -0.1) is 0 Å². The first-order valence-electron chi connectivity index (χ1n) is 6.36. The van der Waals surface area contributed by atoms with Gasteiger partial charge in [-0.1, -0.05) is 6.07 Å². The molecule has 1 fully saturated rings.